The van der Waals surface area contributed by atoms with E-state index in [1.54, 1.807) is 19.9 Å². The molecule has 1 N–H and O–H groups in total. The summed E-state index contributed by atoms with van der Waals surface area (Å²) in [5.41, 5.74) is -0.195. The Hall–Kier alpha value is -1.26. The normalized spacial score (nSPS) is 13.5. The molecule has 0 saturated carbocycles. The quantitative estimate of drug-likeness (QED) is 0.724. The first kappa shape index (κ1) is 9.83. The Morgan fingerprint density at radius 1 is 1.54 bits per heavy atom. The summed E-state index contributed by atoms with van der Waals surface area (Å²) in [6.07, 6.45) is -1.82. The van der Waals surface area contributed by atoms with Crippen molar-refractivity contribution in [2.24, 2.45) is 0 Å². The standard InChI is InChI=1S/C8H9F3N2/c1-3-5(2)7-12-4-6(13-7)8(9,10)11/h3-4H,1-2H3,(H,12,13)/b5-3-. The van der Waals surface area contributed by atoms with Gasteiger partial charge in [0.15, 0.2) is 5.69 Å². The van der Waals surface area contributed by atoms with Crippen LogP contribution in [0.15, 0.2) is 12.3 Å². The smallest absolute Gasteiger partial charge is 0.344 e. The summed E-state index contributed by atoms with van der Waals surface area (Å²) in [5, 5.41) is 0. The summed E-state index contributed by atoms with van der Waals surface area (Å²) in [5.74, 6) is 0.259. The second kappa shape index (κ2) is 3.24. The molecule has 0 aliphatic carbocycles. The minimum absolute atomic E-state index is 0.259. The number of allylic oxidation sites excluding steroid dienone is 2. The van der Waals surface area contributed by atoms with Crippen molar-refractivity contribution in [1.82, 2.24) is 9.97 Å². The lowest BCUT2D eigenvalue weighted by Crippen LogP contribution is -2.05. The average Bonchev–Trinajstić information content (AvgIpc) is 2.50. The van der Waals surface area contributed by atoms with E-state index in [9.17, 15) is 13.2 Å². The molecule has 0 saturated heterocycles. The Balaban J connectivity index is 3.00. The third-order valence-corrected chi connectivity index (χ3v) is 1.67. The third kappa shape index (κ3) is 2.11. The molecule has 1 aromatic heterocycles. The van der Waals surface area contributed by atoms with Crippen LogP contribution >= 0.6 is 0 Å². The van der Waals surface area contributed by atoms with Gasteiger partial charge in [0, 0.05) is 6.20 Å². The van der Waals surface area contributed by atoms with Crippen molar-refractivity contribution in [2.75, 3.05) is 0 Å². The van der Waals surface area contributed by atoms with Crippen LogP contribution < -0.4 is 0 Å². The molecule has 0 atom stereocenters. The van der Waals surface area contributed by atoms with Crippen molar-refractivity contribution in [1.29, 1.82) is 0 Å². The molecule has 0 bridgehead atoms. The molecule has 0 fully saturated rings. The van der Waals surface area contributed by atoms with E-state index >= 15 is 0 Å². The van der Waals surface area contributed by atoms with Crippen LogP contribution in [-0.4, -0.2) is 9.97 Å². The van der Waals surface area contributed by atoms with Crippen LogP contribution in [0, 0.1) is 0 Å². The SMILES string of the molecule is C/C=C(/C)c1nc(C(F)(F)F)c[nH]1. The zero-order chi connectivity index (χ0) is 10.1. The molecule has 0 aliphatic heterocycles. The number of alkyl halides is 3. The molecule has 0 aromatic carbocycles. The monoisotopic (exact) mass is 190 g/mol. The highest BCUT2D eigenvalue weighted by molar-refractivity contribution is 5.56. The summed E-state index contributed by atoms with van der Waals surface area (Å²) < 4.78 is 36.2. The summed E-state index contributed by atoms with van der Waals surface area (Å²) in [6, 6.07) is 0. The van der Waals surface area contributed by atoms with Gasteiger partial charge >= 0.3 is 6.18 Å². The van der Waals surface area contributed by atoms with Crippen molar-refractivity contribution in [3.8, 4) is 0 Å². The highest BCUT2D eigenvalue weighted by Gasteiger charge is 2.33. The highest BCUT2D eigenvalue weighted by Crippen LogP contribution is 2.28. The number of H-pyrrole nitrogens is 1. The predicted octanol–water partition coefficient (Wildman–Crippen LogP) is 2.85. The summed E-state index contributed by atoms with van der Waals surface area (Å²) >= 11 is 0. The molecule has 0 radical (unpaired) electrons. The lowest BCUT2D eigenvalue weighted by atomic mass is 10.3. The predicted molar refractivity (Wildman–Crippen MR) is 42.9 cm³/mol. The van der Waals surface area contributed by atoms with Gasteiger partial charge < -0.3 is 4.98 Å². The molecule has 2 nitrogen and oxygen atoms in total. The molecular formula is C8H9F3N2. The first-order chi connectivity index (χ1) is 5.95. The average molecular weight is 190 g/mol. The van der Waals surface area contributed by atoms with Crippen LogP contribution in [-0.2, 0) is 6.18 Å². The molecule has 0 amide bonds. The second-order valence-electron chi connectivity index (χ2n) is 2.60. The van der Waals surface area contributed by atoms with Gasteiger partial charge in [-0.1, -0.05) is 6.08 Å². The van der Waals surface area contributed by atoms with Crippen molar-refractivity contribution in [3.63, 3.8) is 0 Å². The zero-order valence-corrected chi connectivity index (χ0v) is 7.24. The van der Waals surface area contributed by atoms with Gasteiger partial charge in [0.05, 0.1) is 0 Å². The molecule has 1 aromatic rings. The van der Waals surface area contributed by atoms with Gasteiger partial charge in [-0.3, -0.25) is 0 Å². The van der Waals surface area contributed by atoms with E-state index in [1.807, 2.05) is 0 Å². The van der Waals surface area contributed by atoms with Crippen molar-refractivity contribution in [2.45, 2.75) is 20.0 Å². The Morgan fingerprint density at radius 2 is 2.15 bits per heavy atom. The molecule has 5 heteroatoms. The Morgan fingerprint density at radius 3 is 2.54 bits per heavy atom. The highest BCUT2D eigenvalue weighted by atomic mass is 19.4. The van der Waals surface area contributed by atoms with Gasteiger partial charge in [-0.2, -0.15) is 13.2 Å². The first-order valence-corrected chi connectivity index (χ1v) is 3.71. The number of hydrogen-bond donors (Lipinski definition) is 1. The van der Waals surface area contributed by atoms with Gasteiger partial charge in [-0.15, -0.1) is 0 Å². The van der Waals surface area contributed by atoms with Gasteiger partial charge in [0.25, 0.3) is 0 Å². The third-order valence-electron chi connectivity index (χ3n) is 1.67. The molecule has 1 heterocycles. The molecule has 13 heavy (non-hydrogen) atoms. The lowest BCUT2D eigenvalue weighted by Gasteiger charge is -1.99. The minimum atomic E-state index is -4.37. The fraction of sp³-hybridized carbons (Fsp3) is 0.375. The zero-order valence-electron chi connectivity index (χ0n) is 7.24. The van der Waals surface area contributed by atoms with Crippen LogP contribution in [0.1, 0.15) is 25.4 Å². The van der Waals surface area contributed by atoms with Crippen LogP contribution in [0.25, 0.3) is 5.57 Å². The molecular weight excluding hydrogens is 181 g/mol. The van der Waals surface area contributed by atoms with Gasteiger partial charge in [-0.25, -0.2) is 4.98 Å². The van der Waals surface area contributed by atoms with E-state index in [0.29, 0.717) is 5.57 Å². The lowest BCUT2D eigenvalue weighted by molar-refractivity contribution is -0.140. The maximum absolute atomic E-state index is 12.1. The maximum atomic E-state index is 12.1. The molecule has 1 rings (SSSR count). The number of imidazole rings is 1. The van der Waals surface area contributed by atoms with Crippen molar-refractivity contribution in [3.05, 3.63) is 23.8 Å². The van der Waals surface area contributed by atoms with E-state index in [2.05, 4.69) is 9.97 Å². The van der Waals surface area contributed by atoms with E-state index in [1.165, 1.54) is 0 Å². The second-order valence-corrected chi connectivity index (χ2v) is 2.60. The fourth-order valence-electron chi connectivity index (χ4n) is 0.806. The van der Waals surface area contributed by atoms with Gasteiger partial charge in [0.1, 0.15) is 5.82 Å². The Kier molecular flexibility index (Phi) is 2.45. The van der Waals surface area contributed by atoms with E-state index in [4.69, 9.17) is 0 Å². The topological polar surface area (TPSA) is 28.7 Å². The van der Waals surface area contributed by atoms with E-state index in [-0.39, 0.29) is 5.82 Å². The maximum Gasteiger partial charge on any atom is 0.434 e. The number of aromatic nitrogens is 2. The number of halogens is 3. The van der Waals surface area contributed by atoms with Crippen LogP contribution in [0.5, 0.6) is 0 Å². The summed E-state index contributed by atoms with van der Waals surface area (Å²) in [6.45, 7) is 3.43. The summed E-state index contributed by atoms with van der Waals surface area (Å²) in [4.78, 5) is 5.87. The molecule has 0 spiro atoms. The van der Waals surface area contributed by atoms with E-state index in [0.717, 1.165) is 6.20 Å². The molecule has 72 valence electrons. The van der Waals surface area contributed by atoms with Crippen molar-refractivity contribution >= 4 is 5.57 Å². The number of aromatic amines is 1. The van der Waals surface area contributed by atoms with Crippen LogP contribution in [0.3, 0.4) is 0 Å². The molecule has 0 unspecified atom stereocenters. The van der Waals surface area contributed by atoms with E-state index < -0.39 is 11.9 Å². The van der Waals surface area contributed by atoms with Crippen LogP contribution in [0.2, 0.25) is 0 Å². The number of nitrogens with one attached hydrogen (secondary N) is 1. The minimum Gasteiger partial charge on any atom is -0.344 e. The first-order valence-electron chi connectivity index (χ1n) is 3.71. The van der Waals surface area contributed by atoms with Crippen molar-refractivity contribution < 1.29 is 13.2 Å². The number of hydrogen-bond acceptors (Lipinski definition) is 1. The Labute approximate surface area is 73.5 Å². The van der Waals surface area contributed by atoms with Crippen LogP contribution in [0.4, 0.5) is 13.2 Å². The van der Waals surface area contributed by atoms with Gasteiger partial charge in [-0.05, 0) is 19.4 Å². The number of rotatable bonds is 1. The Bertz CT molecular complexity index is 322. The summed E-state index contributed by atoms with van der Waals surface area (Å²) in [7, 11) is 0. The number of nitrogens with zero attached hydrogens (tertiary/aromatic N) is 1. The molecule has 0 aliphatic rings. The largest absolute Gasteiger partial charge is 0.434 e. The van der Waals surface area contributed by atoms with Gasteiger partial charge in [0.2, 0.25) is 0 Å². The fourth-order valence-corrected chi connectivity index (χ4v) is 0.806.